The number of imidazole rings is 1. The molecule has 4 rings (SSSR count). The number of H-pyrrole nitrogens is 2. The number of amides is 2. The van der Waals surface area contributed by atoms with Crippen LogP contribution in [0.25, 0.3) is 11.2 Å². The molecule has 1 aromatic carbocycles. The summed E-state index contributed by atoms with van der Waals surface area (Å²) in [5.41, 5.74) is 1.62. The van der Waals surface area contributed by atoms with Gasteiger partial charge in [-0.25, -0.2) is 14.2 Å². The van der Waals surface area contributed by atoms with Crippen molar-refractivity contribution in [3.8, 4) is 0 Å². The maximum Gasteiger partial charge on any atom is 0.325 e. The number of fused-ring (bicyclic) bond motifs is 1. The second-order valence-electron chi connectivity index (χ2n) is 7.65. The summed E-state index contributed by atoms with van der Waals surface area (Å²) in [5, 5.41) is 2.65. The van der Waals surface area contributed by atoms with Gasteiger partial charge in [0.25, 0.3) is 0 Å². The predicted molar refractivity (Wildman–Crippen MR) is 112 cm³/mol. The lowest BCUT2D eigenvalue weighted by atomic mass is 10.2. The van der Waals surface area contributed by atoms with Crippen molar-refractivity contribution in [3.05, 3.63) is 58.3 Å². The molecule has 0 saturated carbocycles. The minimum absolute atomic E-state index is 0.0469. The molecule has 1 fully saturated rings. The maximum atomic E-state index is 13.0. The molecule has 9 nitrogen and oxygen atoms in total. The second-order valence-corrected chi connectivity index (χ2v) is 7.65. The first-order valence-electron chi connectivity index (χ1n) is 10.2. The SMILES string of the molecule is O=C(CCC(=O)N1CC[NH+](Cc2ccc(F)cc2)CC1)Nc1ccc2[nH]c(=O)[nH]c2n1. The van der Waals surface area contributed by atoms with Gasteiger partial charge in [-0.1, -0.05) is 12.1 Å². The number of hydrogen-bond acceptors (Lipinski definition) is 4. The first-order chi connectivity index (χ1) is 15.0. The normalized spacial score (nSPS) is 14.7. The fraction of sp³-hybridized carbons (Fsp3) is 0.333. The highest BCUT2D eigenvalue weighted by Crippen LogP contribution is 2.10. The number of carbonyl (C=O) groups is 2. The largest absolute Gasteiger partial charge is 0.331 e. The molecule has 3 heterocycles. The van der Waals surface area contributed by atoms with Crippen molar-refractivity contribution < 1.29 is 18.9 Å². The number of halogens is 1. The van der Waals surface area contributed by atoms with E-state index in [2.05, 4.69) is 20.3 Å². The first kappa shape index (κ1) is 20.7. The van der Waals surface area contributed by atoms with E-state index in [-0.39, 0.29) is 36.2 Å². The van der Waals surface area contributed by atoms with E-state index >= 15 is 0 Å². The molecule has 2 aromatic heterocycles. The van der Waals surface area contributed by atoms with Crippen molar-refractivity contribution >= 4 is 28.8 Å². The number of hydrogen-bond donors (Lipinski definition) is 4. The Labute approximate surface area is 177 Å². The van der Waals surface area contributed by atoms with Crippen LogP contribution in [-0.2, 0) is 16.1 Å². The summed E-state index contributed by atoms with van der Waals surface area (Å²) in [6.07, 6.45) is 0.188. The standard InChI is InChI=1S/C21H23FN6O3/c22-15-3-1-14(2-4-15)13-27-9-11-28(12-10-27)19(30)8-7-18(29)24-17-6-5-16-20(25-17)26-21(31)23-16/h1-6H,7-13H2,(H3,23,24,25,26,29,31)/p+1. The van der Waals surface area contributed by atoms with Crippen molar-refractivity contribution in [2.75, 3.05) is 31.5 Å². The van der Waals surface area contributed by atoms with Crippen molar-refractivity contribution in [1.29, 1.82) is 0 Å². The Morgan fingerprint density at radius 2 is 1.81 bits per heavy atom. The number of carbonyl (C=O) groups excluding carboxylic acids is 2. The van der Waals surface area contributed by atoms with Gasteiger partial charge in [0, 0.05) is 18.4 Å². The summed E-state index contributed by atoms with van der Waals surface area (Å²) in [7, 11) is 0. The van der Waals surface area contributed by atoms with Crippen LogP contribution in [0.3, 0.4) is 0 Å². The molecule has 4 N–H and O–H groups in total. The molecule has 1 aliphatic heterocycles. The minimum Gasteiger partial charge on any atom is -0.331 e. The molecule has 1 aliphatic rings. The number of benzene rings is 1. The number of aromatic nitrogens is 3. The molecule has 2 amide bonds. The zero-order valence-corrected chi connectivity index (χ0v) is 16.9. The number of rotatable bonds is 6. The van der Waals surface area contributed by atoms with Crippen LogP contribution >= 0.6 is 0 Å². The minimum atomic E-state index is -0.365. The summed E-state index contributed by atoms with van der Waals surface area (Å²) in [4.78, 5) is 48.3. The van der Waals surface area contributed by atoms with E-state index in [4.69, 9.17) is 0 Å². The van der Waals surface area contributed by atoms with E-state index < -0.39 is 0 Å². The van der Waals surface area contributed by atoms with Crippen LogP contribution in [-0.4, -0.2) is 57.8 Å². The van der Waals surface area contributed by atoms with Gasteiger partial charge in [0.05, 0.1) is 31.7 Å². The molecule has 3 aromatic rings. The fourth-order valence-corrected chi connectivity index (χ4v) is 3.71. The van der Waals surface area contributed by atoms with Gasteiger partial charge in [0.2, 0.25) is 11.8 Å². The molecule has 1 saturated heterocycles. The van der Waals surface area contributed by atoms with E-state index in [1.54, 1.807) is 29.2 Å². The monoisotopic (exact) mass is 427 g/mol. The van der Waals surface area contributed by atoms with E-state index in [0.717, 1.165) is 25.2 Å². The Balaban J connectivity index is 1.21. The smallest absolute Gasteiger partial charge is 0.325 e. The zero-order chi connectivity index (χ0) is 21.8. The fourth-order valence-electron chi connectivity index (χ4n) is 3.71. The molecule has 0 radical (unpaired) electrons. The number of nitrogens with one attached hydrogen (secondary N) is 4. The third-order valence-corrected chi connectivity index (χ3v) is 5.40. The molecular weight excluding hydrogens is 403 g/mol. The Hall–Kier alpha value is -3.53. The quantitative estimate of drug-likeness (QED) is 0.445. The Morgan fingerprint density at radius 1 is 1.06 bits per heavy atom. The van der Waals surface area contributed by atoms with Crippen LogP contribution in [0, 0.1) is 5.82 Å². The van der Waals surface area contributed by atoms with Crippen molar-refractivity contribution in [2.24, 2.45) is 0 Å². The van der Waals surface area contributed by atoms with Gasteiger partial charge in [-0.3, -0.25) is 14.6 Å². The van der Waals surface area contributed by atoms with E-state index in [1.165, 1.54) is 17.0 Å². The molecular formula is C21H24FN6O3+. The van der Waals surface area contributed by atoms with Gasteiger partial charge in [0.1, 0.15) is 18.2 Å². The maximum absolute atomic E-state index is 13.0. The lowest BCUT2D eigenvalue weighted by molar-refractivity contribution is -0.917. The highest BCUT2D eigenvalue weighted by atomic mass is 19.1. The average molecular weight is 427 g/mol. The summed E-state index contributed by atoms with van der Waals surface area (Å²) in [5.74, 6) is -0.278. The Bertz CT molecular complexity index is 1130. The Kier molecular flexibility index (Phi) is 6.08. The zero-order valence-electron chi connectivity index (χ0n) is 16.9. The molecule has 31 heavy (non-hydrogen) atoms. The van der Waals surface area contributed by atoms with E-state index in [9.17, 15) is 18.8 Å². The average Bonchev–Trinajstić information content (AvgIpc) is 3.13. The molecule has 0 aliphatic carbocycles. The Morgan fingerprint density at radius 3 is 2.55 bits per heavy atom. The number of pyridine rings is 1. The van der Waals surface area contributed by atoms with Crippen LogP contribution in [0.4, 0.5) is 10.2 Å². The van der Waals surface area contributed by atoms with Gasteiger partial charge >= 0.3 is 5.69 Å². The van der Waals surface area contributed by atoms with Gasteiger partial charge in [0.15, 0.2) is 5.65 Å². The molecule has 10 heteroatoms. The first-order valence-corrected chi connectivity index (χ1v) is 10.2. The van der Waals surface area contributed by atoms with Crippen LogP contribution in [0.5, 0.6) is 0 Å². The molecule has 0 bridgehead atoms. The van der Waals surface area contributed by atoms with Crippen molar-refractivity contribution in [2.45, 2.75) is 19.4 Å². The van der Waals surface area contributed by atoms with E-state index in [0.29, 0.717) is 30.1 Å². The number of anilines is 1. The molecule has 0 spiro atoms. The van der Waals surface area contributed by atoms with Gasteiger partial charge < -0.3 is 20.1 Å². The number of piperazine rings is 1. The molecule has 0 unspecified atom stereocenters. The topological polar surface area (TPSA) is 115 Å². The predicted octanol–water partition coefficient (Wildman–Crippen LogP) is 0.0363. The third-order valence-electron chi connectivity index (χ3n) is 5.40. The summed E-state index contributed by atoms with van der Waals surface area (Å²) < 4.78 is 13.0. The summed E-state index contributed by atoms with van der Waals surface area (Å²) in [6.45, 7) is 3.70. The van der Waals surface area contributed by atoms with Crippen molar-refractivity contribution in [3.63, 3.8) is 0 Å². The number of nitrogens with zero attached hydrogens (tertiary/aromatic N) is 2. The van der Waals surface area contributed by atoms with Gasteiger partial charge in [-0.05, 0) is 24.3 Å². The molecule has 0 atom stereocenters. The highest BCUT2D eigenvalue weighted by Gasteiger charge is 2.24. The second kappa shape index (κ2) is 9.09. The van der Waals surface area contributed by atoms with Gasteiger partial charge in [-0.2, -0.15) is 0 Å². The van der Waals surface area contributed by atoms with E-state index in [1.807, 2.05) is 0 Å². The van der Waals surface area contributed by atoms with Crippen LogP contribution in [0.1, 0.15) is 18.4 Å². The van der Waals surface area contributed by atoms with Crippen LogP contribution in [0.15, 0.2) is 41.2 Å². The summed E-state index contributed by atoms with van der Waals surface area (Å²) in [6, 6.07) is 9.75. The number of aromatic amines is 2. The summed E-state index contributed by atoms with van der Waals surface area (Å²) >= 11 is 0. The van der Waals surface area contributed by atoms with Gasteiger partial charge in [-0.15, -0.1) is 0 Å². The van der Waals surface area contributed by atoms with Crippen molar-refractivity contribution in [1.82, 2.24) is 19.9 Å². The molecule has 162 valence electrons. The third kappa shape index (κ3) is 5.34. The highest BCUT2D eigenvalue weighted by molar-refractivity contribution is 5.93. The van der Waals surface area contributed by atoms with Crippen LogP contribution < -0.4 is 15.9 Å². The van der Waals surface area contributed by atoms with Crippen LogP contribution in [0.2, 0.25) is 0 Å². The number of quaternary nitrogens is 1. The lowest BCUT2D eigenvalue weighted by Gasteiger charge is -2.32. The lowest BCUT2D eigenvalue weighted by Crippen LogP contribution is -3.13.